The van der Waals surface area contributed by atoms with Crippen LogP contribution in [0.5, 0.6) is 5.75 Å². The lowest BCUT2D eigenvalue weighted by Gasteiger charge is -2.24. The molecule has 1 saturated carbocycles. The van der Waals surface area contributed by atoms with Crippen LogP contribution in [0.15, 0.2) is 47.5 Å². The Morgan fingerprint density at radius 3 is 2.49 bits per heavy atom. The van der Waals surface area contributed by atoms with Gasteiger partial charge in [-0.15, -0.1) is 0 Å². The number of nitrogens with zero attached hydrogens (tertiary/aromatic N) is 2. The third kappa shape index (κ3) is 6.37. The van der Waals surface area contributed by atoms with Crippen molar-refractivity contribution in [2.45, 2.75) is 110 Å². The molecule has 0 saturated heterocycles. The van der Waals surface area contributed by atoms with E-state index >= 15 is 0 Å². The fraction of sp³-hybridized carbons (Fsp3) is 0.545. The van der Waals surface area contributed by atoms with Crippen molar-refractivity contribution in [2.24, 2.45) is 4.99 Å². The third-order valence-corrected chi connectivity index (χ3v) is 7.80. The van der Waals surface area contributed by atoms with Crippen LogP contribution in [0.2, 0.25) is 0 Å². The highest BCUT2D eigenvalue weighted by Crippen LogP contribution is 2.40. The van der Waals surface area contributed by atoms with E-state index in [2.05, 4.69) is 38.1 Å². The molecule has 2 aromatic rings. The molecule has 210 valence electrons. The average molecular weight is 533 g/mol. The predicted molar refractivity (Wildman–Crippen MR) is 156 cm³/mol. The summed E-state index contributed by atoms with van der Waals surface area (Å²) >= 11 is 0. The number of amides is 1. The number of ether oxygens (including phenoxy) is 2. The fourth-order valence-corrected chi connectivity index (χ4v) is 5.75. The number of carbonyl (C=O) groups is 2. The molecule has 1 heterocycles. The highest BCUT2D eigenvalue weighted by atomic mass is 16.6. The zero-order valence-electron chi connectivity index (χ0n) is 24.3. The molecule has 1 spiro atoms. The van der Waals surface area contributed by atoms with E-state index in [0.29, 0.717) is 18.9 Å². The van der Waals surface area contributed by atoms with Gasteiger partial charge in [-0.05, 0) is 80.8 Å². The summed E-state index contributed by atoms with van der Waals surface area (Å²) in [6, 6.07) is 14.4. The molecule has 1 aliphatic heterocycles. The topological polar surface area (TPSA) is 68.2 Å². The van der Waals surface area contributed by atoms with Crippen LogP contribution >= 0.6 is 0 Å². The first-order chi connectivity index (χ1) is 18.7. The number of carbonyl (C=O) groups excluding carboxylic acids is 2. The van der Waals surface area contributed by atoms with Crippen molar-refractivity contribution in [2.75, 3.05) is 6.61 Å². The van der Waals surface area contributed by atoms with Crippen LogP contribution in [0.25, 0.3) is 11.1 Å². The number of unbranched alkanes of at least 4 members (excludes halogenated alkanes) is 1. The molecule has 6 heteroatoms. The third-order valence-electron chi connectivity index (χ3n) is 7.80. The molecule has 2 aromatic carbocycles. The summed E-state index contributed by atoms with van der Waals surface area (Å²) in [5.41, 5.74) is 2.96. The first-order valence-electron chi connectivity index (χ1n) is 14.7. The Morgan fingerprint density at radius 2 is 1.79 bits per heavy atom. The summed E-state index contributed by atoms with van der Waals surface area (Å²) < 4.78 is 11.2. The summed E-state index contributed by atoms with van der Waals surface area (Å²) in [7, 11) is 0. The summed E-state index contributed by atoms with van der Waals surface area (Å²) in [6.45, 7) is 10.5. The fourth-order valence-electron chi connectivity index (χ4n) is 5.75. The average Bonchev–Trinajstić information content (AvgIpc) is 3.48. The highest BCUT2D eigenvalue weighted by Gasteiger charge is 2.49. The number of hydrogen-bond donors (Lipinski definition) is 0. The number of aliphatic imine (C=N–C) groups is 1. The highest BCUT2D eigenvalue weighted by molar-refractivity contribution is 6.08. The molecule has 1 amide bonds. The van der Waals surface area contributed by atoms with Crippen LogP contribution in [-0.4, -0.2) is 40.4 Å². The number of hydrogen-bond acceptors (Lipinski definition) is 5. The van der Waals surface area contributed by atoms with E-state index in [1.807, 2.05) is 23.1 Å². The van der Waals surface area contributed by atoms with Gasteiger partial charge in [0.05, 0.1) is 13.2 Å². The van der Waals surface area contributed by atoms with E-state index in [9.17, 15) is 9.59 Å². The maximum Gasteiger partial charge on any atom is 0.349 e. The Kier molecular flexibility index (Phi) is 9.14. The van der Waals surface area contributed by atoms with E-state index in [4.69, 9.17) is 14.5 Å². The van der Waals surface area contributed by atoms with Gasteiger partial charge in [0, 0.05) is 6.42 Å². The van der Waals surface area contributed by atoms with Crippen molar-refractivity contribution in [1.82, 2.24) is 4.90 Å². The van der Waals surface area contributed by atoms with Gasteiger partial charge in [-0.1, -0.05) is 69.9 Å². The zero-order chi connectivity index (χ0) is 28.0. The first kappa shape index (κ1) is 28.8. The van der Waals surface area contributed by atoms with E-state index in [-0.39, 0.29) is 11.9 Å². The Balaban J connectivity index is 1.59. The van der Waals surface area contributed by atoms with Crippen LogP contribution < -0.4 is 4.74 Å². The Bertz CT molecular complexity index is 1210. The van der Waals surface area contributed by atoms with Gasteiger partial charge in [0.1, 0.15) is 17.1 Å². The summed E-state index contributed by atoms with van der Waals surface area (Å²) in [5, 5.41) is 0. The van der Waals surface area contributed by atoms with Crippen molar-refractivity contribution >= 4 is 17.7 Å². The molecule has 4 rings (SSSR count). The molecule has 6 nitrogen and oxygen atoms in total. The van der Waals surface area contributed by atoms with E-state index in [1.54, 1.807) is 20.8 Å². The lowest BCUT2D eigenvalue weighted by molar-refractivity contribution is -0.158. The van der Waals surface area contributed by atoms with Crippen molar-refractivity contribution in [3.63, 3.8) is 0 Å². The van der Waals surface area contributed by atoms with Crippen LogP contribution in [0.1, 0.15) is 97.1 Å². The molecule has 0 N–H and O–H groups in total. The number of rotatable bonds is 12. The number of esters is 1. The lowest BCUT2D eigenvalue weighted by Crippen LogP contribution is -2.40. The molecular formula is C33H44N2O4. The second-order valence-corrected chi connectivity index (χ2v) is 11.4. The van der Waals surface area contributed by atoms with Gasteiger partial charge < -0.3 is 9.47 Å². The Labute approximate surface area is 233 Å². The van der Waals surface area contributed by atoms with Gasteiger partial charge in [0.25, 0.3) is 5.91 Å². The first-order valence-corrected chi connectivity index (χ1v) is 14.7. The lowest BCUT2D eigenvalue weighted by atomic mass is 9.94. The predicted octanol–water partition coefficient (Wildman–Crippen LogP) is 7.27. The number of aryl methyl sites for hydroxylation is 1. The van der Waals surface area contributed by atoms with E-state index in [0.717, 1.165) is 80.3 Å². The van der Waals surface area contributed by atoms with Gasteiger partial charge in [0.2, 0.25) is 0 Å². The second-order valence-electron chi connectivity index (χ2n) is 11.4. The van der Waals surface area contributed by atoms with Crippen LogP contribution in [0, 0.1) is 0 Å². The van der Waals surface area contributed by atoms with Gasteiger partial charge in [-0.25, -0.2) is 4.79 Å². The minimum atomic E-state index is -1.08. The monoisotopic (exact) mass is 532 g/mol. The quantitative estimate of drug-likeness (QED) is 0.270. The normalized spacial score (nSPS) is 16.6. The van der Waals surface area contributed by atoms with Gasteiger partial charge in [-0.3, -0.25) is 14.7 Å². The zero-order valence-corrected chi connectivity index (χ0v) is 24.3. The number of amidine groups is 1. The summed E-state index contributed by atoms with van der Waals surface area (Å²) in [4.78, 5) is 33.0. The van der Waals surface area contributed by atoms with E-state index in [1.165, 1.54) is 5.56 Å². The van der Waals surface area contributed by atoms with Crippen LogP contribution in [0.4, 0.5) is 0 Å². The molecule has 1 fully saturated rings. The van der Waals surface area contributed by atoms with Crippen molar-refractivity contribution in [1.29, 1.82) is 0 Å². The molecule has 0 unspecified atom stereocenters. The Morgan fingerprint density at radius 1 is 1.03 bits per heavy atom. The molecule has 0 aromatic heterocycles. The van der Waals surface area contributed by atoms with Crippen molar-refractivity contribution in [3.8, 4) is 16.9 Å². The largest absolute Gasteiger partial charge is 0.476 e. The van der Waals surface area contributed by atoms with Gasteiger partial charge >= 0.3 is 5.97 Å². The molecule has 0 radical (unpaired) electrons. The van der Waals surface area contributed by atoms with Gasteiger partial charge in [-0.2, -0.15) is 0 Å². The summed E-state index contributed by atoms with van der Waals surface area (Å²) in [6.07, 6.45) is 8.85. The van der Waals surface area contributed by atoms with Crippen LogP contribution in [-0.2, 0) is 27.3 Å². The molecule has 39 heavy (non-hydrogen) atoms. The van der Waals surface area contributed by atoms with E-state index < -0.39 is 11.1 Å². The smallest absolute Gasteiger partial charge is 0.349 e. The SMILES string of the molecule is CCCCC1=NC2(CCCC2)C(=O)N1Cc1ccc(-c2cccc(OC(C)(C)C(=O)OCC)c2)c(CCC)c1. The Hall–Kier alpha value is -3.15. The second kappa shape index (κ2) is 12.4. The molecule has 0 atom stereocenters. The van der Waals surface area contributed by atoms with Crippen LogP contribution in [0.3, 0.4) is 0 Å². The molecule has 0 bridgehead atoms. The van der Waals surface area contributed by atoms with Crippen molar-refractivity contribution in [3.05, 3.63) is 53.6 Å². The standard InChI is InChI=1S/C33H44N2O4/c1-6-9-16-29-34-33(19-10-11-20-33)30(36)35(29)23-24-17-18-28(25(21-24)13-7-2)26-14-12-15-27(22-26)39-32(4,5)31(37)38-8-3/h12,14-15,17-18,21-22H,6-11,13,16,19-20,23H2,1-5H3. The molecule has 2 aliphatic rings. The molecular weight excluding hydrogens is 488 g/mol. The molecule has 1 aliphatic carbocycles. The van der Waals surface area contributed by atoms with Gasteiger partial charge in [0.15, 0.2) is 5.60 Å². The number of benzene rings is 2. The summed E-state index contributed by atoms with van der Waals surface area (Å²) in [5.74, 6) is 1.41. The van der Waals surface area contributed by atoms with Crippen molar-refractivity contribution < 1.29 is 19.1 Å². The minimum absolute atomic E-state index is 0.196. The maximum absolute atomic E-state index is 13.6. The maximum atomic E-state index is 13.6. The minimum Gasteiger partial charge on any atom is -0.476 e.